The van der Waals surface area contributed by atoms with Gasteiger partial charge in [0.25, 0.3) is 0 Å². The molecule has 1 aliphatic heterocycles. The first kappa shape index (κ1) is 16.2. The highest BCUT2D eigenvalue weighted by Gasteiger charge is 2.48. The number of hydrogen-bond donors (Lipinski definition) is 0. The van der Waals surface area contributed by atoms with E-state index >= 15 is 0 Å². The number of nitrogens with zero attached hydrogens (tertiary/aromatic N) is 2. The van der Waals surface area contributed by atoms with Gasteiger partial charge in [0, 0.05) is 30.5 Å². The monoisotopic (exact) mass is 336 g/mol. The molecule has 0 atom stereocenters. The molecule has 2 aliphatic rings. The highest BCUT2D eigenvalue weighted by Crippen LogP contribution is 2.44. The molecule has 3 rings (SSSR count). The SMILES string of the molecule is CC(C)(C)OC(=O)N1CCC2(CC1)Cc1nc(Cl)ccc1C2=O. The molecule has 23 heavy (non-hydrogen) atoms. The fourth-order valence-corrected chi connectivity index (χ4v) is 3.52. The molecule has 124 valence electrons. The molecule has 1 fully saturated rings. The van der Waals surface area contributed by atoms with E-state index in [2.05, 4.69) is 4.98 Å². The summed E-state index contributed by atoms with van der Waals surface area (Å²) in [5, 5.41) is 0.416. The molecular formula is C17H21ClN2O3. The Hall–Kier alpha value is -1.62. The molecule has 0 bridgehead atoms. The predicted octanol–water partition coefficient (Wildman–Crippen LogP) is 3.49. The smallest absolute Gasteiger partial charge is 0.410 e. The van der Waals surface area contributed by atoms with Crippen LogP contribution in [0.25, 0.3) is 0 Å². The van der Waals surface area contributed by atoms with Crippen LogP contribution in [0.3, 0.4) is 0 Å². The van der Waals surface area contributed by atoms with Crippen molar-refractivity contribution in [2.75, 3.05) is 13.1 Å². The van der Waals surface area contributed by atoms with Gasteiger partial charge >= 0.3 is 6.09 Å². The molecule has 1 amide bonds. The van der Waals surface area contributed by atoms with Crippen LogP contribution >= 0.6 is 11.6 Å². The Balaban J connectivity index is 1.70. The first-order valence-electron chi connectivity index (χ1n) is 7.88. The molecule has 1 saturated heterocycles. The summed E-state index contributed by atoms with van der Waals surface area (Å²) in [6.07, 6.45) is 1.58. The lowest BCUT2D eigenvalue weighted by Crippen LogP contribution is -2.47. The molecule has 0 radical (unpaired) electrons. The van der Waals surface area contributed by atoms with Crippen molar-refractivity contribution in [3.63, 3.8) is 0 Å². The standard InChI is InChI=1S/C17H21ClN2O3/c1-16(2,3)23-15(22)20-8-6-17(7-9-20)10-12-11(14(17)21)4-5-13(18)19-12/h4-5H,6-10H2,1-3H3. The quantitative estimate of drug-likeness (QED) is 0.680. The number of ether oxygens (including phenoxy) is 1. The molecule has 0 saturated carbocycles. The van der Waals surface area contributed by atoms with Crippen LogP contribution in [0.5, 0.6) is 0 Å². The van der Waals surface area contributed by atoms with Gasteiger partial charge in [-0.15, -0.1) is 0 Å². The second-order valence-corrected chi connectivity index (χ2v) is 7.77. The maximum Gasteiger partial charge on any atom is 0.410 e. The van der Waals surface area contributed by atoms with Gasteiger partial charge in [0.15, 0.2) is 5.78 Å². The number of halogens is 1. The third-order valence-corrected chi connectivity index (χ3v) is 4.76. The van der Waals surface area contributed by atoms with E-state index in [0.29, 0.717) is 43.1 Å². The number of aromatic nitrogens is 1. The Kier molecular flexibility index (Phi) is 3.87. The Morgan fingerprint density at radius 1 is 1.30 bits per heavy atom. The van der Waals surface area contributed by atoms with Crippen LogP contribution in [0.15, 0.2) is 12.1 Å². The summed E-state index contributed by atoms with van der Waals surface area (Å²) >= 11 is 5.93. The highest BCUT2D eigenvalue weighted by molar-refractivity contribution is 6.29. The van der Waals surface area contributed by atoms with Crippen LogP contribution in [0.4, 0.5) is 4.79 Å². The van der Waals surface area contributed by atoms with Gasteiger partial charge in [-0.25, -0.2) is 9.78 Å². The van der Waals surface area contributed by atoms with Crippen LogP contribution in [0.1, 0.15) is 49.7 Å². The largest absolute Gasteiger partial charge is 0.444 e. The van der Waals surface area contributed by atoms with Crippen molar-refractivity contribution in [2.24, 2.45) is 5.41 Å². The molecule has 1 aliphatic carbocycles. The van der Waals surface area contributed by atoms with Gasteiger partial charge in [-0.1, -0.05) is 11.6 Å². The number of Topliss-reactive ketones (excluding diaryl/α,β-unsaturated/α-hetero) is 1. The van der Waals surface area contributed by atoms with E-state index in [1.54, 1.807) is 17.0 Å². The zero-order valence-electron chi connectivity index (χ0n) is 13.7. The van der Waals surface area contributed by atoms with Crippen LogP contribution in [0.2, 0.25) is 5.15 Å². The first-order chi connectivity index (χ1) is 10.7. The van der Waals surface area contributed by atoms with Crippen molar-refractivity contribution >= 4 is 23.5 Å². The van der Waals surface area contributed by atoms with E-state index in [-0.39, 0.29) is 11.9 Å². The minimum absolute atomic E-state index is 0.139. The lowest BCUT2D eigenvalue weighted by molar-refractivity contribution is 0.0113. The summed E-state index contributed by atoms with van der Waals surface area (Å²) in [5.41, 5.74) is 0.526. The van der Waals surface area contributed by atoms with Gasteiger partial charge in [0.2, 0.25) is 0 Å². The summed E-state index contributed by atoms with van der Waals surface area (Å²) in [5.74, 6) is 0.139. The van der Waals surface area contributed by atoms with Gasteiger partial charge < -0.3 is 9.64 Å². The third-order valence-electron chi connectivity index (χ3n) is 4.54. The van der Waals surface area contributed by atoms with Gasteiger partial charge in [-0.3, -0.25) is 4.79 Å². The highest BCUT2D eigenvalue weighted by atomic mass is 35.5. The zero-order valence-corrected chi connectivity index (χ0v) is 14.4. The average Bonchev–Trinajstić information content (AvgIpc) is 2.70. The molecule has 6 heteroatoms. The Morgan fingerprint density at radius 2 is 1.96 bits per heavy atom. The number of rotatable bonds is 0. The summed E-state index contributed by atoms with van der Waals surface area (Å²) < 4.78 is 5.40. The minimum atomic E-state index is -0.508. The second-order valence-electron chi connectivity index (χ2n) is 7.38. The number of fused-ring (bicyclic) bond motifs is 1. The molecule has 1 spiro atoms. The van der Waals surface area contributed by atoms with Crippen molar-refractivity contribution in [3.05, 3.63) is 28.5 Å². The number of amides is 1. The van der Waals surface area contributed by atoms with Crippen molar-refractivity contribution < 1.29 is 14.3 Å². The number of carbonyl (C=O) groups is 2. The van der Waals surface area contributed by atoms with E-state index < -0.39 is 11.0 Å². The fraction of sp³-hybridized carbons (Fsp3) is 0.588. The Morgan fingerprint density at radius 3 is 2.57 bits per heavy atom. The first-order valence-corrected chi connectivity index (χ1v) is 8.26. The lowest BCUT2D eigenvalue weighted by Gasteiger charge is -2.38. The van der Waals surface area contributed by atoms with E-state index in [9.17, 15) is 9.59 Å². The lowest BCUT2D eigenvalue weighted by atomic mass is 9.75. The molecule has 1 aromatic rings. The van der Waals surface area contributed by atoms with Gasteiger partial charge in [-0.2, -0.15) is 0 Å². The van der Waals surface area contributed by atoms with E-state index in [0.717, 1.165) is 5.69 Å². The Labute approximate surface area is 141 Å². The van der Waals surface area contributed by atoms with Crippen molar-refractivity contribution in [1.29, 1.82) is 0 Å². The van der Waals surface area contributed by atoms with Crippen LogP contribution in [-0.2, 0) is 11.2 Å². The number of piperidine rings is 1. The number of pyridine rings is 1. The van der Waals surface area contributed by atoms with Crippen molar-refractivity contribution in [1.82, 2.24) is 9.88 Å². The van der Waals surface area contributed by atoms with Crippen molar-refractivity contribution in [3.8, 4) is 0 Å². The summed E-state index contributed by atoms with van der Waals surface area (Å²) in [4.78, 5) is 30.9. The summed E-state index contributed by atoms with van der Waals surface area (Å²) in [6, 6.07) is 3.43. The molecular weight excluding hydrogens is 316 g/mol. The molecule has 0 aromatic carbocycles. The zero-order chi connectivity index (χ0) is 16.8. The molecule has 0 N–H and O–H groups in total. The van der Waals surface area contributed by atoms with Gasteiger partial charge in [0.1, 0.15) is 10.8 Å². The molecule has 0 unspecified atom stereocenters. The van der Waals surface area contributed by atoms with Crippen LogP contribution < -0.4 is 0 Å². The second kappa shape index (κ2) is 5.48. The average molecular weight is 337 g/mol. The number of carbonyl (C=O) groups excluding carboxylic acids is 2. The van der Waals surface area contributed by atoms with E-state index in [1.165, 1.54) is 0 Å². The maximum atomic E-state index is 12.8. The Bertz CT molecular complexity index is 658. The maximum absolute atomic E-state index is 12.8. The normalized spacial score (nSPS) is 19.8. The van der Waals surface area contributed by atoms with Gasteiger partial charge in [0.05, 0.1) is 5.69 Å². The topological polar surface area (TPSA) is 59.5 Å². The van der Waals surface area contributed by atoms with Crippen LogP contribution in [0, 0.1) is 5.41 Å². The predicted molar refractivity (Wildman–Crippen MR) is 86.8 cm³/mol. The molecule has 5 nitrogen and oxygen atoms in total. The molecule has 1 aromatic heterocycles. The van der Waals surface area contributed by atoms with E-state index in [4.69, 9.17) is 16.3 Å². The summed E-state index contributed by atoms with van der Waals surface area (Å²) in [6.45, 7) is 6.61. The third kappa shape index (κ3) is 3.07. The number of likely N-dealkylation sites (tertiary alicyclic amines) is 1. The van der Waals surface area contributed by atoms with E-state index in [1.807, 2.05) is 20.8 Å². The van der Waals surface area contributed by atoms with Crippen LogP contribution in [-0.4, -0.2) is 40.5 Å². The minimum Gasteiger partial charge on any atom is -0.444 e. The fourth-order valence-electron chi connectivity index (χ4n) is 3.35. The van der Waals surface area contributed by atoms with Crippen molar-refractivity contribution in [2.45, 2.75) is 45.6 Å². The molecule has 2 heterocycles. The summed E-state index contributed by atoms with van der Waals surface area (Å²) in [7, 11) is 0. The number of ketones is 1. The number of hydrogen-bond acceptors (Lipinski definition) is 4. The van der Waals surface area contributed by atoms with Gasteiger partial charge in [-0.05, 0) is 45.7 Å².